The van der Waals surface area contributed by atoms with Crippen molar-refractivity contribution in [1.29, 1.82) is 0 Å². The highest BCUT2D eigenvalue weighted by Crippen LogP contribution is 2.25. The van der Waals surface area contributed by atoms with Gasteiger partial charge < -0.3 is 5.32 Å². The lowest BCUT2D eigenvalue weighted by Crippen LogP contribution is -2.30. The van der Waals surface area contributed by atoms with Crippen LogP contribution < -0.4 is 5.32 Å². The van der Waals surface area contributed by atoms with E-state index in [0.717, 1.165) is 27.3 Å². The number of rotatable bonds is 7. The molecule has 0 atom stereocenters. The quantitative estimate of drug-likeness (QED) is 0.465. The second-order valence-electron chi connectivity index (χ2n) is 7.08. The average molecular weight is 407 g/mol. The lowest BCUT2D eigenvalue weighted by atomic mass is 10.1. The van der Waals surface area contributed by atoms with E-state index in [-0.39, 0.29) is 17.7 Å². The molecule has 29 heavy (non-hydrogen) atoms. The van der Waals surface area contributed by atoms with Crippen molar-refractivity contribution in [3.05, 3.63) is 58.6 Å². The predicted molar refractivity (Wildman–Crippen MR) is 113 cm³/mol. The zero-order chi connectivity index (χ0) is 20.4. The minimum absolute atomic E-state index is 0.0358. The Balaban J connectivity index is 1.21. The molecule has 0 unspecified atom stereocenters. The fourth-order valence-electron chi connectivity index (χ4n) is 3.52. The number of hydrogen-bond acceptors (Lipinski definition) is 5. The number of amides is 3. The van der Waals surface area contributed by atoms with Crippen LogP contribution in [0.2, 0.25) is 0 Å². The fourth-order valence-corrected chi connectivity index (χ4v) is 4.38. The highest BCUT2D eigenvalue weighted by atomic mass is 32.1. The number of benzene rings is 2. The molecule has 0 spiro atoms. The maximum Gasteiger partial charge on any atom is 0.261 e. The second-order valence-corrected chi connectivity index (χ2v) is 8.32. The summed E-state index contributed by atoms with van der Waals surface area (Å²) >= 11 is 1.60. The average Bonchev–Trinajstić information content (AvgIpc) is 3.19. The highest BCUT2D eigenvalue weighted by molar-refractivity contribution is 7.18. The Labute approximate surface area is 172 Å². The number of fused-ring (bicyclic) bond motifs is 2. The van der Waals surface area contributed by atoms with Crippen molar-refractivity contribution < 1.29 is 14.4 Å². The predicted octanol–water partition coefficient (Wildman–Crippen LogP) is 4.40. The third-order valence-electron chi connectivity index (χ3n) is 4.94. The minimum atomic E-state index is -0.225. The van der Waals surface area contributed by atoms with Crippen LogP contribution >= 0.6 is 11.3 Å². The Bertz CT molecular complexity index is 1070. The first kappa shape index (κ1) is 19.3. The third-order valence-corrected chi connectivity index (χ3v) is 5.88. The van der Waals surface area contributed by atoms with Gasteiger partial charge in [-0.15, -0.1) is 11.3 Å². The number of nitrogens with zero attached hydrogens (tertiary/aromatic N) is 2. The van der Waals surface area contributed by atoms with Crippen LogP contribution in [-0.2, 0) is 4.79 Å². The van der Waals surface area contributed by atoms with Gasteiger partial charge in [-0.05, 0) is 50.1 Å². The Morgan fingerprint density at radius 1 is 1.03 bits per heavy atom. The Hall–Kier alpha value is -3.06. The Morgan fingerprint density at radius 3 is 2.48 bits per heavy atom. The van der Waals surface area contributed by atoms with Crippen molar-refractivity contribution in [3.63, 3.8) is 0 Å². The lowest BCUT2D eigenvalue weighted by molar-refractivity contribution is -0.116. The summed E-state index contributed by atoms with van der Waals surface area (Å²) in [7, 11) is 0. The molecule has 2 heterocycles. The van der Waals surface area contributed by atoms with E-state index < -0.39 is 0 Å². The number of anilines is 1. The van der Waals surface area contributed by atoms with Crippen molar-refractivity contribution in [2.24, 2.45) is 0 Å². The van der Waals surface area contributed by atoms with Crippen LogP contribution in [0, 0.1) is 6.92 Å². The molecule has 148 valence electrons. The molecule has 0 bridgehead atoms. The van der Waals surface area contributed by atoms with Crippen LogP contribution in [0.5, 0.6) is 0 Å². The van der Waals surface area contributed by atoms with Crippen molar-refractivity contribution in [3.8, 4) is 0 Å². The summed E-state index contributed by atoms with van der Waals surface area (Å²) in [5, 5.41) is 3.92. The van der Waals surface area contributed by atoms with Gasteiger partial charge in [0.1, 0.15) is 0 Å². The van der Waals surface area contributed by atoms with Crippen LogP contribution in [0.3, 0.4) is 0 Å². The number of carbonyl (C=O) groups excluding carboxylic acids is 3. The smallest absolute Gasteiger partial charge is 0.261 e. The zero-order valence-electron chi connectivity index (χ0n) is 16.1. The molecule has 0 radical (unpaired) electrons. The number of carbonyl (C=O) groups is 3. The molecule has 1 aromatic heterocycles. The van der Waals surface area contributed by atoms with Crippen LogP contribution in [0.15, 0.2) is 42.5 Å². The zero-order valence-corrected chi connectivity index (χ0v) is 16.9. The van der Waals surface area contributed by atoms with Crippen molar-refractivity contribution in [2.75, 3.05) is 11.9 Å². The van der Waals surface area contributed by atoms with E-state index in [9.17, 15) is 14.4 Å². The highest BCUT2D eigenvalue weighted by Gasteiger charge is 2.34. The molecule has 3 amide bonds. The van der Waals surface area contributed by atoms with Gasteiger partial charge in [-0.1, -0.05) is 18.6 Å². The Morgan fingerprint density at radius 2 is 1.76 bits per heavy atom. The molecule has 0 saturated carbocycles. The molecule has 4 rings (SSSR count). The minimum Gasteiger partial charge on any atom is -0.326 e. The van der Waals surface area contributed by atoms with Gasteiger partial charge in [0.2, 0.25) is 5.91 Å². The largest absolute Gasteiger partial charge is 0.326 e. The van der Waals surface area contributed by atoms with Crippen LogP contribution in [0.25, 0.3) is 10.2 Å². The molecule has 3 aromatic rings. The molecule has 1 aliphatic heterocycles. The van der Waals surface area contributed by atoms with Crippen molar-refractivity contribution in [1.82, 2.24) is 9.88 Å². The van der Waals surface area contributed by atoms with Gasteiger partial charge in [-0.25, -0.2) is 4.98 Å². The number of aryl methyl sites for hydroxylation is 1. The summed E-state index contributed by atoms with van der Waals surface area (Å²) in [6.07, 6.45) is 2.57. The first-order chi connectivity index (χ1) is 14.0. The number of aromatic nitrogens is 1. The van der Waals surface area contributed by atoms with Gasteiger partial charge in [0.15, 0.2) is 0 Å². The number of hydrogen-bond donors (Lipinski definition) is 1. The van der Waals surface area contributed by atoms with E-state index in [1.807, 2.05) is 25.1 Å². The molecule has 0 aliphatic carbocycles. The van der Waals surface area contributed by atoms with E-state index >= 15 is 0 Å². The monoisotopic (exact) mass is 407 g/mol. The topological polar surface area (TPSA) is 79.4 Å². The SMILES string of the molecule is Cc1nc2ccc(NC(=O)CCCCCN3C(=O)c4ccccc4C3=O)cc2s1. The van der Waals surface area contributed by atoms with Crippen LogP contribution in [0.1, 0.15) is 51.4 Å². The summed E-state index contributed by atoms with van der Waals surface area (Å²) < 4.78 is 1.06. The van der Waals surface area contributed by atoms with Gasteiger partial charge in [-0.3, -0.25) is 19.3 Å². The van der Waals surface area contributed by atoms with Crippen LogP contribution in [0.4, 0.5) is 5.69 Å². The van der Waals surface area contributed by atoms with Crippen LogP contribution in [-0.4, -0.2) is 34.2 Å². The lowest BCUT2D eigenvalue weighted by Gasteiger charge is -2.13. The van der Waals surface area contributed by atoms with E-state index in [4.69, 9.17) is 0 Å². The second kappa shape index (κ2) is 8.13. The Kier molecular flexibility index (Phi) is 5.40. The van der Waals surface area contributed by atoms with E-state index in [1.165, 1.54) is 4.90 Å². The number of imide groups is 1. The summed E-state index contributed by atoms with van der Waals surface area (Å²) in [4.78, 5) is 42.5. The normalized spacial score (nSPS) is 13.2. The summed E-state index contributed by atoms with van der Waals surface area (Å²) in [5.41, 5.74) is 2.67. The van der Waals surface area contributed by atoms with Gasteiger partial charge in [0.05, 0.1) is 26.4 Å². The molecule has 1 aliphatic rings. The van der Waals surface area contributed by atoms with E-state index in [1.54, 1.807) is 35.6 Å². The van der Waals surface area contributed by atoms with Gasteiger partial charge in [0, 0.05) is 18.7 Å². The summed E-state index contributed by atoms with van der Waals surface area (Å²) in [6.45, 7) is 2.35. The van der Waals surface area contributed by atoms with Gasteiger partial charge in [0.25, 0.3) is 11.8 Å². The first-order valence-corrected chi connectivity index (χ1v) is 10.5. The molecule has 7 heteroatoms. The van der Waals surface area contributed by atoms with E-state index in [2.05, 4.69) is 10.3 Å². The van der Waals surface area contributed by atoms with Gasteiger partial charge in [-0.2, -0.15) is 0 Å². The fraction of sp³-hybridized carbons (Fsp3) is 0.273. The number of nitrogens with one attached hydrogen (secondary N) is 1. The van der Waals surface area contributed by atoms with Gasteiger partial charge >= 0.3 is 0 Å². The molecule has 2 aromatic carbocycles. The molecule has 0 fully saturated rings. The molecular formula is C22H21N3O3S. The number of thiazole rings is 1. The third kappa shape index (κ3) is 4.05. The molecule has 0 saturated heterocycles. The molecular weight excluding hydrogens is 386 g/mol. The summed E-state index contributed by atoms with van der Waals surface area (Å²) in [5.74, 6) is -0.486. The number of unbranched alkanes of at least 4 members (excludes halogenated alkanes) is 2. The standard InChI is InChI=1S/C22H21N3O3S/c1-14-23-18-11-10-15(13-19(18)29-14)24-20(26)9-3-2-6-12-25-21(27)16-7-4-5-8-17(16)22(25)28/h4-5,7-8,10-11,13H,2-3,6,9,12H2,1H3,(H,24,26). The van der Waals surface area contributed by atoms with E-state index in [0.29, 0.717) is 36.9 Å². The maximum absolute atomic E-state index is 12.3. The maximum atomic E-state index is 12.3. The molecule has 6 nitrogen and oxygen atoms in total. The summed E-state index contributed by atoms with van der Waals surface area (Å²) in [6, 6.07) is 12.6. The first-order valence-electron chi connectivity index (χ1n) is 9.65. The van der Waals surface area contributed by atoms with Crippen molar-refractivity contribution in [2.45, 2.75) is 32.6 Å². The van der Waals surface area contributed by atoms with Crippen molar-refractivity contribution >= 4 is 45.0 Å². The molecule has 1 N–H and O–H groups in total.